The van der Waals surface area contributed by atoms with E-state index >= 15 is 0 Å². The molecule has 0 saturated carbocycles. The lowest BCUT2D eigenvalue weighted by atomic mass is 10.1. The van der Waals surface area contributed by atoms with Gasteiger partial charge in [-0.15, -0.1) is 5.10 Å². The van der Waals surface area contributed by atoms with Crippen molar-refractivity contribution >= 4 is 38.6 Å². The summed E-state index contributed by atoms with van der Waals surface area (Å²) in [5, 5.41) is 12.1. The van der Waals surface area contributed by atoms with Gasteiger partial charge in [-0.2, -0.15) is 5.10 Å². The molecule has 7 heteroatoms. The molecule has 0 aliphatic rings. The van der Waals surface area contributed by atoms with Crippen LogP contribution in [0.15, 0.2) is 58.1 Å². The number of carbonyl (C=O) groups is 1. The minimum absolute atomic E-state index is 0.0671. The molecule has 3 rings (SSSR count). The zero-order valence-electron chi connectivity index (χ0n) is 12.4. The van der Waals surface area contributed by atoms with Crippen LogP contribution in [0.2, 0.25) is 0 Å². The maximum absolute atomic E-state index is 12.0. The third-order valence-electron chi connectivity index (χ3n) is 3.32. The molecule has 0 saturated heterocycles. The largest absolute Gasteiger partial charge is 0.271 e. The number of carbonyl (C=O) groups excluding carboxylic acids is 1. The highest BCUT2D eigenvalue weighted by Gasteiger charge is 2.08. The molecule has 0 bridgehead atoms. The van der Waals surface area contributed by atoms with Crippen LogP contribution < -0.4 is 5.43 Å². The number of hydrazone groups is 1. The molecule has 3 aromatic rings. The van der Waals surface area contributed by atoms with E-state index in [1.807, 2.05) is 55.5 Å². The van der Waals surface area contributed by atoms with Gasteiger partial charge in [0.25, 0.3) is 5.91 Å². The molecule has 116 valence electrons. The lowest BCUT2D eigenvalue weighted by molar-refractivity contribution is -0.121. The number of benzene rings is 2. The van der Waals surface area contributed by atoms with Crippen LogP contribution in [0.1, 0.15) is 12.5 Å². The van der Waals surface area contributed by atoms with E-state index in [0.29, 0.717) is 0 Å². The minimum atomic E-state index is -0.253. The molecule has 0 spiro atoms. The molecule has 6 nitrogen and oxygen atoms in total. The van der Waals surface area contributed by atoms with Gasteiger partial charge in [0.05, 0.1) is 11.2 Å². The topological polar surface area (TPSA) is 72.2 Å². The fourth-order valence-electron chi connectivity index (χ4n) is 2.11. The third-order valence-corrected chi connectivity index (χ3v) is 3.85. The number of aromatic nitrogens is 3. The maximum atomic E-state index is 12.0. The van der Waals surface area contributed by atoms with Crippen molar-refractivity contribution in [3.8, 4) is 0 Å². The van der Waals surface area contributed by atoms with E-state index in [4.69, 9.17) is 0 Å². The molecular weight excluding hydrogens is 358 g/mol. The van der Waals surface area contributed by atoms with Crippen LogP contribution in [0, 0.1) is 0 Å². The Morgan fingerprint density at radius 1 is 1.22 bits per heavy atom. The molecular formula is C16H14BrN5O. The fourth-order valence-corrected chi connectivity index (χ4v) is 2.37. The average molecular weight is 372 g/mol. The van der Waals surface area contributed by atoms with Gasteiger partial charge in [-0.05, 0) is 36.8 Å². The van der Waals surface area contributed by atoms with Gasteiger partial charge in [-0.3, -0.25) is 4.79 Å². The molecule has 0 fully saturated rings. The first kappa shape index (κ1) is 15.4. The van der Waals surface area contributed by atoms with Gasteiger partial charge < -0.3 is 0 Å². The van der Waals surface area contributed by atoms with E-state index < -0.39 is 0 Å². The number of hydrogen-bond acceptors (Lipinski definition) is 4. The quantitative estimate of drug-likeness (QED) is 0.566. The van der Waals surface area contributed by atoms with Crippen molar-refractivity contribution in [2.24, 2.45) is 5.10 Å². The Bertz CT molecular complexity index is 870. The van der Waals surface area contributed by atoms with Crippen molar-refractivity contribution in [2.75, 3.05) is 0 Å². The lowest BCUT2D eigenvalue weighted by Gasteiger charge is -2.04. The number of rotatable bonds is 4. The van der Waals surface area contributed by atoms with Crippen LogP contribution in [-0.4, -0.2) is 26.6 Å². The second-order valence-corrected chi connectivity index (χ2v) is 5.89. The Morgan fingerprint density at radius 3 is 2.74 bits per heavy atom. The summed E-state index contributed by atoms with van der Waals surface area (Å²) in [6, 6.07) is 15.2. The Morgan fingerprint density at radius 2 is 1.96 bits per heavy atom. The summed E-state index contributed by atoms with van der Waals surface area (Å²) in [6.07, 6.45) is 0. The van der Waals surface area contributed by atoms with Crippen LogP contribution in [-0.2, 0) is 11.3 Å². The molecule has 1 aromatic heterocycles. The van der Waals surface area contributed by atoms with Crippen LogP contribution >= 0.6 is 15.9 Å². The summed E-state index contributed by atoms with van der Waals surface area (Å²) >= 11 is 3.38. The summed E-state index contributed by atoms with van der Waals surface area (Å²) in [6.45, 7) is 1.91. The van der Waals surface area contributed by atoms with Crippen molar-refractivity contribution in [1.29, 1.82) is 0 Å². The summed E-state index contributed by atoms with van der Waals surface area (Å²) < 4.78 is 2.55. The van der Waals surface area contributed by atoms with Gasteiger partial charge in [-0.1, -0.05) is 45.4 Å². The van der Waals surface area contributed by atoms with E-state index in [9.17, 15) is 4.79 Å². The van der Waals surface area contributed by atoms with Crippen molar-refractivity contribution in [3.05, 3.63) is 58.6 Å². The number of amides is 1. The van der Waals surface area contributed by atoms with Crippen LogP contribution in [0.3, 0.4) is 0 Å². The highest BCUT2D eigenvalue weighted by Crippen LogP contribution is 2.11. The molecule has 0 atom stereocenters. The van der Waals surface area contributed by atoms with Gasteiger partial charge in [0.1, 0.15) is 12.1 Å². The van der Waals surface area contributed by atoms with Gasteiger partial charge in [-0.25, -0.2) is 10.1 Å². The first-order valence-electron chi connectivity index (χ1n) is 7.01. The number of fused-ring (bicyclic) bond motifs is 1. The number of para-hydroxylation sites is 1. The van der Waals surface area contributed by atoms with E-state index in [-0.39, 0.29) is 12.5 Å². The predicted octanol–water partition coefficient (Wildman–Crippen LogP) is 2.73. The minimum Gasteiger partial charge on any atom is -0.271 e. The zero-order chi connectivity index (χ0) is 16.2. The first-order chi connectivity index (χ1) is 11.1. The lowest BCUT2D eigenvalue weighted by Crippen LogP contribution is -2.24. The predicted molar refractivity (Wildman–Crippen MR) is 92.0 cm³/mol. The molecule has 0 unspecified atom stereocenters. The average Bonchev–Trinajstić information content (AvgIpc) is 2.96. The van der Waals surface area contributed by atoms with E-state index in [2.05, 4.69) is 36.8 Å². The number of hydrogen-bond donors (Lipinski definition) is 1. The third kappa shape index (κ3) is 3.62. The van der Waals surface area contributed by atoms with Crippen molar-refractivity contribution in [2.45, 2.75) is 13.5 Å². The highest BCUT2D eigenvalue weighted by molar-refractivity contribution is 9.10. The molecule has 0 aliphatic carbocycles. The van der Waals surface area contributed by atoms with Gasteiger partial charge in [0, 0.05) is 4.47 Å². The molecule has 0 radical (unpaired) electrons. The van der Waals surface area contributed by atoms with Crippen molar-refractivity contribution in [1.82, 2.24) is 20.4 Å². The van der Waals surface area contributed by atoms with Crippen molar-refractivity contribution in [3.63, 3.8) is 0 Å². The van der Waals surface area contributed by atoms with E-state index in [1.54, 1.807) is 4.68 Å². The molecule has 0 aliphatic heterocycles. The summed E-state index contributed by atoms with van der Waals surface area (Å²) in [5.74, 6) is -0.253. The van der Waals surface area contributed by atoms with Gasteiger partial charge in [0.2, 0.25) is 0 Å². The first-order valence-corrected chi connectivity index (χ1v) is 7.80. The Hall–Kier alpha value is -2.54. The van der Waals surface area contributed by atoms with E-state index in [1.165, 1.54) is 0 Å². The normalized spacial score (nSPS) is 11.7. The number of halogens is 1. The molecule has 1 amide bonds. The second-order valence-electron chi connectivity index (χ2n) is 4.97. The Labute approximate surface area is 141 Å². The summed E-state index contributed by atoms with van der Waals surface area (Å²) in [5.41, 5.74) is 5.80. The van der Waals surface area contributed by atoms with Crippen LogP contribution in [0.5, 0.6) is 0 Å². The van der Waals surface area contributed by atoms with Crippen LogP contribution in [0.4, 0.5) is 0 Å². The fraction of sp³-hybridized carbons (Fsp3) is 0.125. The second kappa shape index (κ2) is 6.70. The Kier molecular flexibility index (Phi) is 4.47. The molecule has 1 N–H and O–H groups in total. The summed E-state index contributed by atoms with van der Waals surface area (Å²) in [4.78, 5) is 12.0. The number of nitrogens with one attached hydrogen (secondary N) is 1. The zero-order valence-corrected chi connectivity index (χ0v) is 14.0. The van der Waals surface area contributed by atoms with Crippen molar-refractivity contribution < 1.29 is 4.79 Å². The molecule has 2 aromatic carbocycles. The number of nitrogens with zero attached hydrogens (tertiary/aromatic N) is 4. The van der Waals surface area contributed by atoms with Gasteiger partial charge in [0.15, 0.2) is 0 Å². The smallest absolute Gasteiger partial charge is 0.261 e. The Balaban J connectivity index is 1.67. The highest BCUT2D eigenvalue weighted by atomic mass is 79.9. The van der Waals surface area contributed by atoms with E-state index in [0.717, 1.165) is 26.8 Å². The monoisotopic (exact) mass is 371 g/mol. The standard InChI is InChI=1S/C16H14BrN5O/c1-11(12-6-8-13(17)9-7-12)18-20-16(23)10-22-15-5-3-2-4-14(15)19-21-22/h2-9H,10H2,1H3,(H,20,23). The summed E-state index contributed by atoms with van der Waals surface area (Å²) in [7, 11) is 0. The SMILES string of the molecule is CC(=NNC(=O)Cn1nnc2ccccc21)c1ccc(Br)cc1. The van der Waals surface area contributed by atoms with Gasteiger partial charge >= 0.3 is 0 Å². The molecule has 23 heavy (non-hydrogen) atoms. The maximum Gasteiger partial charge on any atom is 0.261 e. The molecule has 1 heterocycles. The van der Waals surface area contributed by atoms with Crippen LogP contribution in [0.25, 0.3) is 11.0 Å².